The Bertz CT molecular complexity index is 1390. The van der Waals surface area contributed by atoms with Gasteiger partial charge >= 0.3 is 5.97 Å². The van der Waals surface area contributed by atoms with Crippen molar-refractivity contribution in [2.75, 3.05) is 36.5 Å². The molecule has 184 valence electrons. The maximum Gasteiger partial charge on any atom is 0.350 e. The number of thiazole rings is 1. The third kappa shape index (κ3) is 5.04. The number of methoxy groups -OCH3 is 1. The highest BCUT2D eigenvalue weighted by Gasteiger charge is 2.33. The first kappa shape index (κ1) is 24.8. The maximum absolute atomic E-state index is 13.6. The number of carbonyl (C=O) groups is 2. The summed E-state index contributed by atoms with van der Waals surface area (Å²) < 4.78 is 44.0. The standard InChI is InChI=1S/C22H20ClN3O7S2/c1-3-32-21(28)18-12-24-22(34-18)25-20(27)13-4-6-16-15(10-13)26(8-9-33-16)35(29,30)19-11-14(23)5-7-17(19)31-2/h4-7,10-12H,3,8-9H2,1-2H3,(H,24,25,27). The van der Waals surface area contributed by atoms with Crippen LogP contribution in [-0.2, 0) is 14.8 Å². The number of sulfonamides is 1. The number of nitrogens with one attached hydrogen (secondary N) is 1. The van der Waals surface area contributed by atoms with E-state index < -0.39 is 21.9 Å². The van der Waals surface area contributed by atoms with E-state index in [0.717, 1.165) is 15.6 Å². The van der Waals surface area contributed by atoms with Crippen LogP contribution in [0.3, 0.4) is 0 Å². The first-order valence-corrected chi connectivity index (χ1v) is 13.0. The third-order valence-corrected chi connectivity index (χ3v) is 7.90. The minimum Gasteiger partial charge on any atom is -0.495 e. The van der Waals surface area contributed by atoms with Crippen molar-refractivity contribution in [3.8, 4) is 11.5 Å². The highest BCUT2D eigenvalue weighted by Crippen LogP contribution is 2.39. The molecule has 35 heavy (non-hydrogen) atoms. The molecule has 1 amide bonds. The average Bonchev–Trinajstić information content (AvgIpc) is 3.32. The van der Waals surface area contributed by atoms with Crippen LogP contribution in [0, 0.1) is 0 Å². The van der Waals surface area contributed by atoms with Crippen LogP contribution < -0.4 is 19.1 Å². The number of fused-ring (bicyclic) bond motifs is 1. The van der Waals surface area contributed by atoms with Crippen LogP contribution in [0.25, 0.3) is 0 Å². The summed E-state index contributed by atoms with van der Waals surface area (Å²) in [6.07, 6.45) is 1.31. The maximum atomic E-state index is 13.6. The first-order chi connectivity index (χ1) is 16.7. The van der Waals surface area contributed by atoms with Crippen molar-refractivity contribution in [3.05, 3.63) is 58.1 Å². The van der Waals surface area contributed by atoms with Crippen molar-refractivity contribution in [2.24, 2.45) is 0 Å². The van der Waals surface area contributed by atoms with Gasteiger partial charge in [-0.3, -0.25) is 14.4 Å². The molecule has 0 atom stereocenters. The molecule has 0 bridgehead atoms. The van der Waals surface area contributed by atoms with Crippen molar-refractivity contribution in [1.82, 2.24) is 4.98 Å². The van der Waals surface area contributed by atoms with Crippen LogP contribution >= 0.6 is 22.9 Å². The number of ether oxygens (including phenoxy) is 3. The number of aromatic nitrogens is 1. The fourth-order valence-electron chi connectivity index (χ4n) is 3.35. The van der Waals surface area contributed by atoms with E-state index in [1.54, 1.807) is 6.92 Å². The minimum absolute atomic E-state index is 0.0193. The molecule has 1 aromatic heterocycles. The summed E-state index contributed by atoms with van der Waals surface area (Å²) in [6, 6.07) is 8.75. The van der Waals surface area contributed by atoms with Gasteiger partial charge in [0.2, 0.25) is 0 Å². The van der Waals surface area contributed by atoms with Crippen LogP contribution in [0.1, 0.15) is 27.0 Å². The molecule has 0 saturated carbocycles. The smallest absolute Gasteiger partial charge is 0.350 e. The molecule has 3 aromatic rings. The molecule has 2 heterocycles. The molecule has 0 unspecified atom stereocenters. The van der Waals surface area contributed by atoms with Gasteiger partial charge in [0.05, 0.1) is 32.1 Å². The summed E-state index contributed by atoms with van der Waals surface area (Å²) in [7, 11) is -2.74. The number of halogens is 1. The topological polar surface area (TPSA) is 124 Å². The fourth-order valence-corrected chi connectivity index (χ4v) is 5.93. The molecule has 0 aliphatic carbocycles. The molecule has 1 N–H and O–H groups in total. The molecule has 0 saturated heterocycles. The molecule has 1 aliphatic rings. The van der Waals surface area contributed by atoms with Gasteiger partial charge < -0.3 is 14.2 Å². The zero-order valence-electron chi connectivity index (χ0n) is 18.6. The lowest BCUT2D eigenvalue weighted by atomic mass is 10.1. The van der Waals surface area contributed by atoms with E-state index in [-0.39, 0.29) is 56.7 Å². The van der Waals surface area contributed by atoms with Crippen LogP contribution in [0.15, 0.2) is 47.5 Å². The Hall–Kier alpha value is -3.35. The number of nitrogens with zero attached hydrogens (tertiary/aromatic N) is 2. The lowest BCUT2D eigenvalue weighted by Gasteiger charge is -2.31. The quantitative estimate of drug-likeness (QED) is 0.451. The summed E-state index contributed by atoms with van der Waals surface area (Å²) in [5.41, 5.74) is 0.359. The lowest BCUT2D eigenvalue weighted by Crippen LogP contribution is -2.38. The van der Waals surface area contributed by atoms with Crippen molar-refractivity contribution in [3.63, 3.8) is 0 Å². The van der Waals surface area contributed by atoms with Crippen LogP contribution in [-0.4, -0.2) is 52.1 Å². The molecular formula is C22H20ClN3O7S2. The number of anilines is 2. The highest BCUT2D eigenvalue weighted by atomic mass is 35.5. The zero-order valence-corrected chi connectivity index (χ0v) is 21.0. The Morgan fingerprint density at radius 2 is 2.06 bits per heavy atom. The number of hydrogen-bond donors (Lipinski definition) is 1. The molecule has 0 fully saturated rings. The van der Waals surface area contributed by atoms with Crippen LogP contribution in [0.4, 0.5) is 10.8 Å². The summed E-state index contributed by atoms with van der Waals surface area (Å²) in [5, 5.41) is 3.04. The minimum atomic E-state index is -4.10. The Kier molecular flexibility index (Phi) is 7.15. The lowest BCUT2D eigenvalue weighted by molar-refractivity contribution is 0.0531. The molecule has 13 heteroatoms. The molecule has 0 spiro atoms. The van der Waals surface area contributed by atoms with E-state index in [1.807, 2.05) is 0 Å². The van der Waals surface area contributed by atoms with Gasteiger partial charge in [0, 0.05) is 10.6 Å². The molecule has 1 aliphatic heterocycles. The Labute approximate surface area is 210 Å². The number of rotatable bonds is 7. The predicted molar refractivity (Wildman–Crippen MR) is 130 cm³/mol. The Morgan fingerprint density at radius 1 is 1.26 bits per heavy atom. The normalized spacial score (nSPS) is 12.9. The molecule has 10 nitrogen and oxygen atoms in total. The van der Waals surface area contributed by atoms with Gasteiger partial charge in [-0.2, -0.15) is 0 Å². The summed E-state index contributed by atoms with van der Waals surface area (Å²) in [5.74, 6) is -0.636. The number of amides is 1. The van der Waals surface area contributed by atoms with E-state index in [4.69, 9.17) is 25.8 Å². The van der Waals surface area contributed by atoms with E-state index >= 15 is 0 Å². The SMILES string of the molecule is CCOC(=O)c1cnc(NC(=O)c2ccc3c(c2)N(S(=O)(=O)c2cc(Cl)ccc2OC)CCO3)s1. The number of hydrogen-bond acceptors (Lipinski definition) is 9. The number of carbonyl (C=O) groups excluding carboxylic acids is 2. The van der Waals surface area contributed by atoms with E-state index in [2.05, 4.69) is 10.3 Å². The molecule has 2 aromatic carbocycles. The van der Waals surface area contributed by atoms with Gasteiger partial charge in [0.1, 0.15) is 27.9 Å². The highest BCUT2D eigenvalue weighted by molar-refractivity contribution is 7.93. The molecular weight excluding hydrogens is 518 g/mol. The zero-order chi connectivity index (χ0) is 25.2. The Morgan fingerprint density at radius 3 is 2.80 bits per heavy atom. The van der Waals surface area contributed by atoms with Crippen molar-refractivity contribution in [2.45, 2.75) is 11.8 Å². The van der Waals surface area contributed by atoms with Gasteiger partial charge in [-0.05, 0) is 43.3 Å². The summed E-state index contributed by atoms with van der Waals surface area (Å²) >= 11 is 7.02. The van der Waals surface area contributed by atoms with Gasteiger partial charge in [0.25, 0.3) is 15.9 Å². The first-order valence-electron chi connectivity index (χ1n) is 10.3. The van der Waals surface area contributed by atoms with Gasteiger partial charge in [-0.1, -0.05) is 22.9 Å². The Balaban J connectivity index is 1.64. The van der Waals surface area contributed by atoms with Crippen molar-refractivity contribution < 1.29 is 32.2 Å². The van der Waals surface area contributed by atoms with Gasteiger partial charge in [0.15, 0.2) is 5.13 Å². The second-order valence-corrected chi connectivity index (χ2v) is 10.4. The van der Waals surface area contributed by atoms with E-state index in [1.165, 1.54) is 49.7 Å². The molecule has 0 radical (unpaired) electrons. The third-order valence-electron chi connectivity index (χ3n) is 4.94. The largest absolute Gasteiger partial charge is 0.495 e. The fraction of sp³-hybridized carbons (Fsp3) is 0.227. The second-order valence-electron chi connectivity index (χ2n) is 7.11. The van der Waals surface area contributed by atoms with E-state index in [9.17, 15) is 18.0 Å². The van der Waals surface area contributed by atoms with Crippen molar-refractivity contribution >= 4 is 55.7 Å². The summed E-state index contributed by atoms with van der Waals surface area (Å²) in [4.78, 5) is 28.9. The second kappa shape index (κ2) is 10.1. The summed E-state index contributed by atoms with van der Waals surface area (Å²) in [6.45, 7) is 2.05. The monoisotopic (exact) mass is 537 g/mol. The average molecular weight is 538 g/mol. The van der Waals surface area contributed by atoms with Gasteiger partial charge in [-0.25, -0.2) is 18.2 Å². The number of benzene rings is 2. The predicted octanol–water partition coefficient (Wildman–Crippen LogP) is 3.82. The van der Waals surface area contributed by atoms with Gasteiger partial charge in [-0.15, -0.1) is 0 Å². The van der Waals surface area contributed by atoms with Crippen LogP contribution in [0.5, 0.6) is 11.5 Å². The number of esters is 1. The van der Waals surface area contributed by atoms with Crippen LogP contribution in [0.2, 0.25) is 5.02 Å². The van der Waals surface area contributed by atoms with E-state index in [0.29, 0.717) is 5.75 Å². The van der Waals surface area contributed by atoms with Crippen molar-refractivity contribution in [1.29, 1.82) is 0 Å². The molecule has 4 rings (SSSR count).